The van der Waals surface area contributed by atoms with Crippen molar-refractivity contribution in [3.05, 3.63) is 106 Å². The van der Waals surface area contributed by atoms with Crippen molar-refractivity contribution in [3.63, 3.8) is 0 Å². The van der Waals surface area contributed by atoms with E-state index in [2.05, 4.69) is 5.32 Å². The van der Waals surface area contributed by atoms with Gasteiger partial charge in [0.25, 0.3) is 0 Å². The summed E-state index contributed by atoms with van der Waals surface area (Å²) in [4.78, 5) is 28.9. The van der Waals surface area contributed by atoms with Gasteiger partial charge in [-0.15, -0.1) is 11.8 Å². The fourth-order valence-electron chi connectivity index (χ4n) is 3.74. The summed E-state index contributed by atoms with van der Waals surface area (Å²) >= 11 is 14.0. The molecule has 3 aromatic carbocycles. The molecule has 1 N–H and O–H groups in total. The fourth-order valence-corrected chi connectivity index (χ4v) is 4.93. The molecule has 0 bridgehead atoms. The summed E-state index contributed by atoms with van der Waals surface area (Å²) in [5, 5.41) is 4.33. The molecule has 3 rings (SSSR count). The number of nitrogens with zero attached hydrogens (tertiary/aromatic N) is 1. The van der Waals surface area contributed by atoms with E-state index in [4.69, 9.17) is 23.2 Å². The Kier molecular flexibility index (Phi) is 10.3. The summed E-state index contributed by atoms with van der Waals surface area (Å²) in [6.45, 7) is 6.06. The van der Waals surface area contributed by atoms with Crippen LogP contribution in [0, 0.1) is 0 Å². The largest absolute Gasteiger partial charge is 0.350 e. The van der Waals surface area contributed by atoms with Crippen LogP contribution in [0.2, 0.25) is 10.0 Å². The predicted octanol–water partition coefficient (Wildman–Crippen LogP) is 6.78. The lowest BCUT2D eigenvalue weighted by atomic mass is 10.0. The highest BCUT2D eigenvalue weighted by atomic mass is 35.5. The van der Waals surface area contributed by atoms with Gasteiger partial charge >= 0.3 is 0 Å². The maximum Gasteiger partial charge on any atom is 0.243 e. The Labute approximate surface area is 228 Å². The minimum absolute atomic E-state index is 0.112. The van der Waals surface area contributed by atoms with E-state index in [9.17, 15) is 9.59 Å². The number of hydrogen-bond donors (Lipinski definition) is 1. The third kappa shape index (κ3) is 8.88. The summed E-state index contributed by atoms with van der Waals surface area (Å²) in [5.41, 5.74) is 2.43. The van der Waals surface area contributed by atoms with Crippen LogP contribution in [0.5, 0.6) is 0 Å². The zero-order valence-electron chi connectivity index (χ0n) is 20.8. The number of amides is 2. The summed E-state index contributed by atoms with van der Waals surface area (Å²) in [5.74, 6) is 0.606. The molecule has 36 heavy (non-hydrogen) atoms. The minimum Gasteiger partial charge on any atom is -0.350 e. The van der Waals surface area contributed by atoms with E-state index in [0.29, 0.717) is 22.2 Å². The fraction of sp³-hybridized carbons (Fsp3) is 0.310. The minimum atomic E-state index is -0.688. The SMILES string of the molecule is CC(C)(C)NC(=O)[C@@H](Cc1ccccc1)N(Cc1ccccc1Cl)C(=O)CSCc1ccc(Cl)cc1. The molecule has 0 aliphatic rings. The van der Waals surface area contributed by atoms with Crippen molar-refractivity contribution in [1.82, 2.24) is 10.2 Å². The molecule has 0 heterocycles. The van der Waals surface area contributed by atoms with Crippen LogP contribution in [-0.2, 0) is 28.3 Å². The molecule has 0 aliphatic carbocycles. The Morgan fingerprint density at radius 2 is 1.53 bits per heavy atom. The predicted molar refractivity (Wildman–Crippen MR) is 151 cm³/mol. The van der Waals surface area contributed by atoms with Crippen LogP contribution >= 0.6 is 35.0 Å². The number of carbonyl (C=O) groups is 2. The number of carbonyl (C=O) groups excluding carboxylic acids is 2. The second-order valence-electron chi connectivity index (χ2n) is 9.68. The van der Waals surface area contributed by atoms with Crippen molar-refractivity contribution in [2.24, 2.45) is 0 Å². The first-order chi connectivity index (χ1) is 17.1. The number of nitrogens with one attached hydrogen (secondary N) is 1. The third-order valence-electron chi connectivity index (χ3n) is 5.48. The Hall–Kier alpha value is -2.47. The zero-order chi connectivity index (χ0) is 26.1. The molecule has 3 aromatic rings. The molecule has 1 atom stereocenters. The molecule has 4 nitrogen and oxygen atoms in total. The molecule has 0 aromatic heterocycles. The van der Waals surface area contributed by atoms with Gasteiger partial charge < -0.3 is 10.2 Å². The standard InChI is InChI=1S/C29H32Cl2N2O2S/c1-29(2,3)32-28(35)26(17-21-9-5-4-6-10-21)33(18-23-11-7-8-12-25(23)31)27(34)20-36-19-22-13-15-24(30)16-14-22/h4-16,26H,17-20H2,1-3H3,(H,32,35)/t26-/m1/s1. The van der Waals surface area contributed by atoms with E-state index in [-0.39, 0.29) is 24.1 Å². The van der Waals surface area contributed by atoms with Crippen LogP contribution in [0.25, 0.3) is 0 Å². The average Bonchev–Trinajstić information content (AvgIpc) is 2.83. The van der Waals surface area contributed by atoms with Crippen LogP contribution in [0.1, 0.15) is 37.5 Å². The van der Waals surface area contributed by atoms with E-state index < -0.39 is 11.6 Å². The summed E-state index contributed by atoms with van der Waals surface area (Å²) in [6.07, 6.45) is 0.404. The van der Waals surface area contributed by atoms with Gasteiger partial charge in [-0.25, -0.2) is 0 Å². The number of benzene rings is 3. The summed E-state index contributed by atoms with van der Waals surface area (Å²) in [7, 11) is 0. The third-order valence-corrected chi connectivity index (χ3v) is 7.08. The van der Waals surface area contributed by atoms with Gasteiger partial charge in [-0.2, -0.15) is 0 Å². The van der Waals surface area contributed by atoms with Crippen LogP contribution in [0.15, 0.2) is 78.9 Å². The van der Waals surface area contributed by atoms with E-state index >= 15 is 0 Å². The summed E-state index contributed by atoms with van der Waals surface area (Å²) < 4.78 is 0. The molecule has 0 spiro atoms. The van der Waals surface area contributed by atoms with Crippen molar-refractivity contribution < 1.29 is 9.59 Å². The first kappa shape index (κ1) is 28.1. The van der Waals surface area contributed by atoms with Crippen molar-refractivity contribution in [3.8, 4) is 0 Å². The Balaban J connectivity index is 1.87. The molecule has 2 amide bonds. The quantitative estimate of drug-likeness (QED) is 0.307. The Bertz CT molecular complexity index is 1150. The van der Waals surface area contributed by atoms with Gasteiger partial charge in [0, 0.05) is 34.3 Å². The van der Waals surface area contributed by atoms with Crippen LogP contribution in [0.4, 0.5) is 0 Å². The van der Waals surface area contributed by atoms with Crippen molar-refractivity contribution in [2.75, 3.05) is 5.75 Å². The molecule has 0 unspecified atom stereocenters. The topological polar surface area (TPSA) is 49.4 Å². The van der Waals surface area contributed by atoms with E-state index in [1.807, 2.05) is 93.6 Å². The highest BCUT2D eigenvalue weighted by molar-refractivity contribution is 7.99. The lowest BCUT2D eigenvalue weighted by Gasteiger charge is -2.34. The maximum atomic E-state index is 13.7. The van der Waals surface area contributed by atoms with Crippen molar-refractivity contribution in [1.29, 1.82) is 0 Å². The van der Waals surface area contributed by atoms with Gasteiger partial charge in [0.2, 0.25) is 11.8 Å². The maximum absolute atomic E-state index is 13.7. The molecule has 0 radical (unpaired) electrons. The normalized spacial score (nSPS) is 12.1. The average molecular weight is 544 g/mol. The van der Waals surface area contributed by atoms with Crippen LogP contribution in [-0.4, -0.2) is 34.0 Å². The first-order valence-electron chi connectivity index (χ1n) is 11.8. The molecular weight excluding hydrogens is 511 g/mol. The number of halogens is 2. The van der Waals surface area contributed by atoms with Crippen molar-refractivity contribution >= 4 is 46.8 Å². The van der Waals surface area contributed by atoms with Crippen LogP contribution in [0.3, 0.4) is 0 Å². The number of thioether (sulfide) groups is 1. The van der Waals surface area contributed by atoms with Gasteiger partial charge in [-0.3, -0.25) is 9.59 Å². The van der Waals surface area contributed by atoms with Gasteiger partial charge in [-0.1, -0.05) is 83.9 Å². The molecule has 0 aliphatic heterocycles. The van der Waals surface area contributed by atoms with Crippen LogP contribution < -0.4 is 5.32 Å². The zero-order valence-corrected chi connectivity index (χ0v) is 23.2. The van der Waals surface area contributed by atoms with Gasteiger partial charge in [0.15, 0.2) is 0 Å². The van der Waals surface area contributed by atoms with E-state index in [0.717, 1.165) is 16.7 Å². The lowest BCUT2D eigenvalue weighted by molar-refractivity contribution is -0.140. The summed E-state index contributed by atoms with van der Waals surface area (Å²) in [6, 6.07) is 24.1. The number of rotatable bonds is 10. The Morgan fingerprint density at radius 3 is 2.17 bits per heavy atom. The highest BCUT2D eigenvalue weighted by Gasteiger charge is 2.32. The molecular formula is C29H32Cl2N2O2S. The van der Waals surface area contributed by atoms with E-state index in [1.54, 1.807) is 11.0 Å². The molecule has 7 heteroatoms. The van der Waals surface area contributed by atoms with Gasteiger partial charge in [-0.05, 0) is 55.7 Å². The van der Waals surface area contributed by atoms with Gasteiger partial charge in [0.1, 0.15) is 6.04 Å². The smallest absolute Gasteiger partial charge is 0.243 e. The Morgan fingerprint density at radius 1 is 0.889 bits per heavy atom. The highest BCUT2D eigenvalue weighted by Crippen LogP contribution is 2.23. The monoisotopic (exact) mass is 542 g/mol. The molecule has 190 valence electrons. The lowest BCUT2D eigenvalue weighted by Crippen LogP contribution is -2.54. The van der Waals surface area contributed by atoms with Gasteiger partial charge in [0.05, 0.1) is 5.75 Å². The molecule has 0 fully saturated rings. The first-order valence-corrected chi connectivity index (χ1v) is 13.7. The second-order valence-corrected chi connectivity index (χ2v) is 11.5. The number of hydrogen-bond acceptors (Lipinski definition) is 3. The second kappa shape index (κ2) is 13.2. The molecule has 0 saturated heterocycles. The molecule has 0 saturated carbocycles. The van der Waals surface area contributed by atoms with E-state index in [1.165, 1.54) is 11.8 Å². The van der Waals surface area contributed by atoms with Crippen molar-refractivity contribution in [2.45, 2.75) is 51.1 Å².